The highest BCUT2D eigenvalue weighted by molar-refractivity contribution is 7.98. The van der Waals surface area contributed by atoms with E-state index in [1.807, 2.05) is 17.8 Å². The number of hydrogen-bond donors (Lipinski definition) is 1. The molecule has 0 aromatic heterocycles. The fourth-order valence-electron chi connectivity index (χ4n) is 1.36. The monoisotopic (exact) mass is 224 g/mol. The lowest BCUT2D eigenvalue weighted by molar-refractivity contribution is 0.710. The van der Waals surface area contributed by atoms with Gasteiger partial charge in [-0.05, 0) is 18.4 Å². The highest BCUT2D eigenvalue weighted by atomic mass is 32.2. The van der Waals surface area contributed by atoms with E-state index in [0.29, 0.717) is 0 Å². The lowest BCUT2D eigenvalue weighted by Gasteiger charge is -2.19. The Morgan fingerprint density at radius 1 is 1.20 bits per heavy atom. The number of thioether (sulfide) groups is 1. The molecule has 0 saturated heterocycles. The van der Waals surface area contributed by atoms with Gasteiger partial charge in [-0.1, -0.05) is 18.2 Å². The van der Waals surface area contributed by atoms with Gasteiger partial charge in [0.1, 0.15) is 0 Å². The number of para-hydroxylation sites is 1. The summed E-state index contributed by atoms with van der Waals surface area (Å²) in [6, 6.07) is 10.5. The van der Waals surface area contributed by atoms with E-state index >= 15 is 0 Å². The Kier molecular flexibility index (Phi) is 6.28. The second-order valence-electron chi connectivity index (χ2n) is 3.50. The van der Waals surface area contributed by atoms with Crippen LogP contribution in [0, 0.1) is 0 Å². The molecule has 0 heterocycles. The van der Waals surface area contributed by atoms with E-state index in [0.717, 1.165) is 19.6 Å². The van der Waals surface area contributed by atoms with Crippen LogP contribution in [0.4, 0.5) is 5.69 Å². The maximum Gasteiger partial charge on any atom is 0.0364 e. The minimum Gasteiger partial charge on any atom is -0.373 e. The second kappa shape index (κ2) is 7.60. The van der Waals surface area contributed by atoms with Crippen molar-refractivity contribution in [3.05, 3.63) is 30.3 Å². The van der Waals surface area contributed by atoms with E-state index in [-0.39, 0.29) is 0 Å². The van der Waals surface area contributed by atoms with E-state index in [9.17, 15) is 0 Å². The van der Waals surface area contributed by atoms with Gasteiger partial charge in [0.05, 0.1) is 0 Å². The normalized spacial score (nSPS) is 10.3. The Labute approximate surface area is 97.1 Å². The summed E-state index contributed by atoms with van der Waals surface area (Å²) in [6.07, 6.45) is 2.14. The van der Waals surface area contributed by atoms with Crippen molar-refractivity contribution < 1.29 is 0 Å². The van der Waals surface area contributed by atoms with Crippen molar-refractivity contribution in [3.63, 3.8) is 0 Å². The number of nitrogens with one attached hydrogen (secondary N) is 1. The first kappa shape index (κ1) is 12.4. The standard InChI is InChI=1S/C12H20N2S/c1-14(10-8-13-9-11-15-2)12-6-4-3-5-7-12/h3-7,13H,8-11H2,1-2H3. The lowest BCUT2D eigenvalue weighted by atomic mass is 10.3. The van der Waals surface area contributed by atoms with Gasteiger partial charge in [0.15, 0.2) is 0 Å². The number of nitrogens with zero attached hydrogens (tertiary/aromatic N) is 1. The molecule has 1 aromatic rings. The summed E-state index contributed by atoms with van der Waals surface area (Å²) < 4.78 is 0. The average molecular weight is 224 g/mol. The van der Waals surface area contributed by atoms with Crippen LogP contribution in [-0.2, 0) is 0 Å². The van der Waals surface area contributed by atoms with Crippen LogP contribution in [0.1, 0.15) is 0 Å². The number of anilines is 1. The predicted octanol–water partition coefficient (Wildman–Crippen LogP) is 2.08. The van der Waals surface area contributed by atoms with E-state index in [1.165, 1.54) is 11.4 Å². The smallest absolute Gasteiger partial charge is 0.0364 e. The largest absolute Gasteiger partial charge is 0.373 e. The Morgan fingerprint density at radius 2 is 1.93 bits per heavy atom. The van der Waals surface area contributed by atoms with E-state index in [2.05, 4.69) is 47.8 Å². The summed E-state index contributed by atoms with van der Waals surface area (Å²) in [7, 11) is 2.13. The minimum absolute atomic E-state index is 1.05. The molecule has 0 fully saturated rings. The van der Waals surface area contributed by atoms with Crippen molar-refractivity contribution in [2.45, 2.75) is 0 Å². The number of rotatable bonds is 7. The molecule has 0 unspecified atom stereocenters. The maximum atomic E-state index is 3.42. The van der Waals surface area contributed by atoms with Crippen LogP contribution in [0.2, 0.25) is 0 Å². The highest BCUT2D eigenvalue weighted by Gasteiger charge is 1.97. The van der Waals surface area contributed by atoms with Gasteiger partial charge in [-0.25, -0.2) is 0 Å². The van der Waals surface area contributed by atoms with Crippen LogP contribution >= 0.6 is 11.8 Å². The highest BCUT2D eigenvalue weighted by Crippen LogP contribution is 2.09. The van der Waals surface area contributed by atoms with Crippen LogP contribution in [0.15, 0.2) is 30.3 Å². The van der Waals surface area contributed by atoms with E-state index in [1.54, 1.807) is 0 Å². The molecule has 0 amide bonds. The first-order valence-electron chi connectivity index (χ1n) is 5.30. The molecule has 15 heavy (non-hydrogen) atoms. The second-order valence-corrected chi connectivity index (χ2v) is 4.49. The summed E-state index contributed by atoms with van der Waals surface area (Å²) in [5, 5.41) is 3.42. The molecule has 1 rings (SSSR count). The van der Waals surface area contributed by atoms with Crippen LogP contribution in [0.25, 0.3) is 0 Å². The van der Waals surface area contributed by atoms with Crippen molar-refractivity contribution in [2.75, 3.05) is 43.6 Å². The number of benzene rings is 1. The molecule has 3 heteroatoms. The van der Waals surface area contributed by atoms with Gasteiger partial charge in [0, 0.05) is 38.1 Å². The quantitative estimate of drug-likeness (QED) is 0.714. The van der Waals surface area contributed by atoms with Gasteiger partial charge >= 0.3 is 0 Å². The summed E-state index contributed by atoms with van der Waals surface area (Å²) in [4.78, 5) is 2.27. The molecule has 0 aliphatic heterocycles. The van der Waals surface area contributed by atoms with Gasteiger partial charge in [-0.15, -0.1) is 0 Å². The molecule has 0 spiro atoms. The Balaban J connectivity index is 2.16. The van der Waals surface area contributed by atoms with E-state index in [4.69, 9.17) is 0 Å². The van der Waals surface area contributed by atoms with Gasteiger partial charge in [-0.2, -0.15) is 11.8 Å². The van der Waals surface area contributed by atoms with Crippen molar-refractivity contribution in [2.24, 2.45) is 0 Å². The molecular formula is C12H20N2S. The van der Waals surface area contributed by atoms with Crippen molar-refractivity contribution in [1.29, 1.82) is 0 Å². The molecule has 0 atom stereocenters. The average Bonchev–Trinajstić information content (AvgIpc) is 2.30. The zero-order valence-corrected chi connectivity index (χ0v) is 10.4. The van der Waals surface area contributed by atoms with Gasteiger partial charge in [0.25, 0.3) is 0 Å². The Bertz CT molecular complexity index is 251. The molecule has 0 aliphatic carbocycles. The Hall–Kier alpha value is -0.670. The first-order valence-corrected chi connectivity index (χ1v) is 6.70. The maximum absolute atomic E-state index is 3.42. The Morgan fingerprint density at radius 3 is 2.60 bits per heavy atom. The lowest BCUT2D eigenvalue weighted by Crippen LogP contribution is -2.30. The van der Waals surface area contributed by atoms with Crippen molar-refractivity contribution in [1.82, 2.24) is 5.32 Å². The van der Waals surface area contributed by atoms with Crippen LogP contribution < -0.4 is 10.2 Å². The predicted molar refractivity (Wildman–Crippen MR) is 71.0 cm³/mol. The summed E-state index contributed by atoms with van der Waals surface area (Å²) in [5.41, 5.74) is 1.28. The molecule has 0 bridgehead atoms. The molecular weight excluding hydrogens is 204 g/mol. The number of hydrogen-bond acceptors (Lipinski definition) is 3. The molecule has 0 radical (unpaired) electrons. The van der Waals surface area contributed by atoms with Gasteiger partial charge in [0.2, 0.25) is 0 Å². The van der Waals surface area contributed by atoms with Gasteiger partial charge in [-0.3, -0.25) is 0 Å². The zero-order valence-electron chi connectivity index (χ0n) is 9.57. The minimum atomic E-state index is 1.05. The number of likely N-dealkylation sites (N-methyl/N-ethyl adjacent to an activating group) is 1. The third-order valence-electron chi connectivity index (χ3n) is 2.30. The molecule has 2 nitrogen and oxygen atoms in total. The molecule has 1 aromatic carbocycles. The third kappa shape index (κ3) is 5.09. The van der Waals surface area contributed by atoms with Crippen molar-refractivity contribution in [3.8, 4) is 0 Å². The summed E-state index contributed by atoms with van der Waals surface area (Å²) in [5.74, 6) is 1.19. The molecule has 1 N–H and O–H groups in total. The van der Waals surface area contributed by atoms with Crippen molar-refractivity contribution >= 4 is 17.4 Å². The molecule has 0 saturated carbocycles. The van der Waals surface area contributed by atoms with Crippen LogP contribution in [0.5, 0.6) is 0 Å². The topological polar surface area (TPSA) is 15.3 Å². The zero-order chi connectivity index (χ0) is 10.9. The van der Waals surface area contributed by atoms with Crippen LogP contribution in [0.3, 0.4) is 0 Å². The fourth-order valence-corrected chi connectivity index (χ4v) is 1.71. The first-order chi connectivity index (χ1) is 7.34. The summed E-state index contributed by atoms with van der Waals surface area (Å²) in [6.45, 7) is 3.20. The fraction of sp³-hybridized carbons (Fsp3) is 0.500. The molecule has 0 aliphatic rings. The van der Waals surface area contributed by atoms with E-state index < -0.39 is 0 Å². The third-order valence-corrected chi connectivity index (χ3v) is 2.92. The molecule has 84 valence electrons. The SMILES string of the molecule is CSCCNCCN(C)c1ccccc1. The van der Waals surface area contributed by atoms with Crippen LogP contribution in [-0.4, -0.2) is 38.7 Å². The summed E-state index contributed by atoms with van der Waals surface area (Å²) >= 11 is 1.88. The van der Waals surface area contributed by atoms with Gasteiger partial charge < -0.3 is 10.2 Å².